The van der Waals surface area contributed by atoms with E-state index in [0.29, 0.717) is 23.5 Å². The molecule has 0 unspecified atom stereocenters. The minimum Gasteiger partial charge on any atom is -0.504 e. The van der Waals surface area contributed by atoms with Crippen LogP contribution in [-0.4, -0.2) is 57.3 Å². The zero-order valence-corrected chi connectivity index (χ0v) is 21.6. The second-order valence-corrected chi connectivity index (χ2v) is 9.64. The van der Waals surface area contributed by atoms with Gasteiger partial charge in [-0.2, -0.15) is 9.41 Å². The van der Waals surface area contributed by atoms with E-state index in [-0.39, 0.29) is 28.7 Å². The van der Waals surface area contributed by atoms with Crippen LogP contribution in [-0.2, 0) is 21.4 Å². The van der Waals surface area contributed by atoms with Crippen molar-refractivity contribution in [3.05, 3.63) is 77.9 Å². The lowest BCUT2D eigenvalue weighted by Gasteiger charge is -2.23. The molecule has 0 fully saturated rings. The minimum atomic E-state index is -4.19. The van der Waals surface area contributed by atoms with E-state index >= 15 is 0 Å². The van der Waals surface area contributed by atoms with Gasteiger partial charge in [-0.3, -0.25) is 4.79 Å². The molecule has 0 radical (unpaired) electrons. The zero-order chi connectivity index (χ0) is 26.8. The number of methoxy groups -OCH3 is 2. The average Bonchev–Trinajstić information content (AvgIpc) is 2.90. The zero-order valence-electron chi connectivity index (χ0n) is 20.7. The van der Waals surface area contributed by atoms with Crippen molar-refractivity contribution in [3.8, 4) is 23.0 Å². The van der Waals surface area contributed by atoms with Crippen LogP contribution >= 0.6 is 0 Å². The van der Waals surface area contributed by atoms with Crippen LogP contribution in [0.5, 0.6) is 23.0 Å². The predicted octanol–water partition coefficient (Wildman–Crippen LogP) is 3.15. The van der Waals surface area contributed by atoms with Gasteiger partial charge in [0.05, 0.1) is 33.6 Å². The smallest absolute Gasteiger partial charge is 0.255 e. The Balaban J connectivity index is 1.84. The van der Waals surface area contributed by atoms with Crippen LogP contribution in [0.15, 0.2) is 76.7 Å². The number of phenolic OH excluding ortho intramolecular Hbond substituents is 1. The summed E-state index contributed by atoms with van der Waals surface area (Å²) >= 11 is 0. The summed E-state index contributed by atoms with van der Waals surface area (Å²) in [6, 6.07) is 17.9. The van der Waals surface area contributed by atoms with Crippen LogP contribution < -0.4 is 19.6 Å². The number of carbonyl (C=O) groups is 1. The first kappa shape index (κ1) is 27.5. The van der Waals surface area contributed by atoms with E-state index in [1.165, 1.54) is 38.6 Å². The Bertz CT molecular complexity index is 1350. The molecular weight excluding hydrogens is 498 g/mol. The number of aromatic hydroxyl groups is 1. The molecule has 3 aromatic rings. The molecule has 196 valence electrons. The fourth-order valence-electron chi connectivity index (χ4n) is 3.39. The van der Waals surface area contributed by atoms with Crippen LogP contribution in [0.1, 0.15) is 18.1 Å². The van der Waals surface area contributed by atoms with Crippen LogP contribution in [0.3, 0.4) is 0 Å². The van der Waals surface area contributed by atoms with Gasteiger partial charge in [0, 0.05) is 12.6 Å². The van der Waals surface area contributed by atoms with Crippen molar-refractivity contribution >= 4 is 22.1 Å². The van der Waals surface area contributed by atoms with Gasteiger partial charge in [0.25, 0.3) is 5.91 Å². The highest BCUT2D eigenvalue weighted by Crippen LogP contribution is 2.31. The van der Waals surface area contributed by atoms with E-state index in [4.69, 9.17) is 14.2 Å². The Hall–Kier alpha value is -4.09. The first-order chi connectivity index (χ1) is 17.8. The molecule has 37 heavy (non-hydrogen) atoms. The fourth-order valence-corrected chi connectivity index (χ4v) is 4.95. The van der Waals surface area contributed by atoms with Crippen LogP contribution in [0.25, 0.3) is 0 Å². The van der Waals surface area contributed by atoms with Crippen molar-refractivity contribution in [3.63, 3.8) is 0 Å². The molecule has 0 atom stereocenters. The van der Waals surface area contributed by atoms with Crippen LogP contribution in [0.2, 0.25) is 0 Å². The van der Waals surface area contributed by atoms with Crippen molar-refractivity contribution in [1.82, 2.24) is 9.73 Å². The van der Waals surface area contributed by atoms with Crippen molar-refractivity contribution in [2.24, 2.45) is 5.10 Å². The largest absolute Gasteiger partial charge is 0.504 e. The fraction of sp³-hybridized carbons (Fsp3) is 0.231. The summed E-state index contributed by atoms with van der Waals surface area (Å²) < 4.78 is 44.2. The Morgan fingerprint density at radius 3 is 2.46 bits per heavy atom. The van der Waals surface area contributed by atoms with Gasteiger partial charge in [0.1, 0.15) is 16.4 Å². The second-order valence-electron chi connectivity index (χ2n) is 7.73. The maximum Gasteiger partial charge on any atom is 0.255 e. The quantitative estimate of drug-likeness (QED) is 0.274. The summed E-state index contributed by atoms with van der Waals surface area (Å²) in [7, 11) is -1.40. The third-order valence-corrected chi connectivity index (χ3v) is 7.01. The molecule has 0 aromatic heterocycles. The number of benzene rings is 3. The molecule has 0 bridgehead atoms. The first-order valence-electron chi connectivity index (χ1n) is 11.3. The molecule has 1 amide bonds. The highest BCUT2D eigenvalue weighted by molar-refractivity contribution is 7.89. The second kappa shape index (κ2) is 12.7. The minimum absolute atomic E-state index is 0.0160. The number of nitrogens with one attached hydrogen (secondary N) is 1. The maximum atomic E-state index is 13.7. The third-order valence-electron chi connectivity index (χ3n) is 5.20. The van der Waals surface area contributed by atoms with Gasteiger partial charge in [0.2, 0.25) is 10.0 Å². The molecule has 10 nitrogen and oxygen atoms in total. The van der Waals surface area contributed by atoms with E-state index in [2.05, 4.69) is 10.5 Å². The highest BCUT2D eigenvalue weighted by Gasteiger charge is 2.30. The molecule has 11 heteroatoms. The molecule has 3 aromatic carbocycles. The molecule has 0 aliphatic rings. The van der Waals surface area contributed by atoms with Crippen molar-refractivity contribution in [2.75, 3.05) is 27.4 Å². The van der Waals surface area contributed by atoms with E-state index in [1.54, 1.807) is 49.4 Å². The first-order valence-corrected chi connectivity index (χ1v) is 12.8. The summed E-state index contributed by atoms with van der Waals surface area (Å²) in [5, 5.41) is 13.7. The summed E-state index contributed by atoms with van der Waals surface area (Å²) in [4.78, 5) is 12.6. The summed E-state index contributed by atoms with van der Waals surface area (Å²) in [6.45, 7) is 1.59. The summed E-state index contributed by atoms with van der Waals surface area (Å²) in [5.41, 5.74) is 3.61. The summed E-state index contributed by atoms with van der Waals surface area (Å²) in [5.74, 6) is 0.0625. The molecule has 0 saturated carbocycles. The number of amides is 1. The van der Waals surface area contributed by atoms with E-state index in [9.17, 15) is 18.3 Å². The van der Waals surface area contributed by atoms with Crippen molar-refractivity contribution in [1.29, 1.82) is 0 Å². The van der Waals surface area contributed by atoms with Gasteiger partial charge in [-0.1, -0.05) is 30.3 Å². The number of sulfonamides is 1. The number of ether oxygens (including phenoxy) is 3. The number of rotatable bonds is 12. The number of hydrazone groups is 1. The lowest BCUT2D eigenvalue weighted by atomic mass is 10.2. The number of hydrogen-bond donors (Lipinski definition) is 2. The van der Waals surface area contributed by atoms with Gasteiger partial charge < -0.3 is 19.3 Å². The van der Waals surface area contributed by atoms with Crippen LogP contribution in [0.4, 0.5) is 0 Å². The van der Waals surface area contributed by atoms with Crippen LogP contribution in [0, 0.1) is 0 Å². The SMILES string of the molecule is CCOc1cc(/C=N/NC(=O)CN(Cc2ccccc2)S(=O)(=O)c2cc(OC)ccc2OC)ccc1O. The molecule has 0 aliphatic heterocycles. The highest BCUT2D eigenvalue weighted by atomic mass is 32.2. The number of nitrogens with zero attached hydrogens (tertiary/aromatic N) is 2. The Morgan fingerprint density at radius 1 is 1.03 bits per heavy atom. The van der Waals surface area contributed by atoms with Gasteiger partial charge >= 0.3 is 0 Å². The number of hydrogen-bond acceptors (Lipinski definition) is 8. The monoisotopic (exact) mass is 527 g/mol. The van der Waals surface area contributed by atoms with E-state index < -0.39 is 22.5 Å². The Kier molecular flexibility index (Phi) is 9.47. The van der Waals surface area contributed by atoms with Gasteiger partial charge in [0.15, 0.2) is 11.5 Å². The standard InChI is InChI=1S/C26H29N3O7S/c1-4-36-24-14-20(10-12-22(24)30)16-27-28-26(31)18-29(17-19-8-6-5-7-9-19)37(32,33)25-15-21(34-2)11-13-23(25)35-3/h5-16,30H,4,17-18H2,1-3H3,(H,28,31)/b27-16+. The molecular formula is C26H29N3O7S. The molecule has 0 saturated heterocycles. The van der Waals surface area contributed by atoms with Crippen molar-refractivity contribution < 1.29 is 32.5 Å². The Labute approximate surface area is 216 Å². The lowest BCUT2D eigenvalue weighted by Crippen LogP contribution is -2.39. The molecule has 0 heterocycles. The van der Waals surface area contributed by atoms with E-state index in [1.807, 2.05) is 6.07 Å². The third kappa shape index (κ3) is 7.21. The predicted molar refractivity (Wildman–Crippen MR) is 139 cm³/mol. The number of carbonyl (C=O) groups excluding carboxylic acids is 1. The number of phenols is 1. The lowest BCUT2D eigenvalue weighted by molar-refractivity contribution is -0.121. The average molecular weight is 528 g/mol. The van der Waals surface area contributed by atoms with E-state index in [0.717, 1.165) is 4.31 Å². The molecule has 0 aliphatic carbocycles. The summed E-state index contributed by atoms with van der Waals surface area (Å²) in [6.07, 6.45) is 1.36. The normalized spacial score (nSPS) is 11.5. The van der Waals surface area contributed by atoms with Gasteiger partial charge in [-0.25, -0.2) is 13.8 Å². The van der Waals surface area contributed by atoms with Gasteiger partial charge in [-0.05, 0) is 48.4 Å². The molecule has 2 N–H and O–H groups in total. The van der Waals surface area contributed by atoms with Crippen molar-refractivity contribution in [2.45, 2.75) is 18.4 Å². The Morgan fingerprint density at radius 2 is 1.78 bits per heavy atom. The van der Waals surface area contributed by atoms with Gasteiger partial charge in [-0.15, -0.1) is 0 Å². The maximum absolute atomic E-state index is 13.7. The molecule has 3 rings (SSSR count). The molecule has 0 spiro atoms. The topological polar surface area (TPSA) is 127 Å².